The van der Waals surface area contributed by atoms with Gasteiger partial charge in [0.15, 0.2) is 0 Å². The fourth-order valence-corrected chi connectivity index (χ4v) is 1.93. The van der Waals surface area contributed by atoms with Gasteiger partial charge in [-0.3, -0.25) is 4.98 Å². The van der Waals surface area contributed by atoms with Gasteiger partial charge in [0.05, 0.1) is 17.6 Å². The third-order valence-corrected chi connectivity index (χ3v) is 2.67. The number of hydrogen-bond acceptors (Lipinski definition) is 2. The molecule has 3 nitrogen and oxygen atoms in total. The Bertz CT molecular complexity index is 474. The summed E-state index contributed by atoms with van der Waals surface area (Å²) in [5, 5.41) is 0. The minimum atomic E-state index is 0.734. The monoisotopic (exact) mass is 204 g/mol. The first-order valence-electron chi connectivity index (χ1n) is 5.14. The lowest BCUT2D eigenvalue weighted by molar-refractivity contribution is 0.188. The van der Waals surface area contributed by atoms with Crippen molar-refractivity contribution < 1.29 is 4.74 Å². The van der Waals surface area contributed by atoms with Crippen molar-refractivity contribution in [1.82, 2.24) is 9.55 Å². The molecule has 0 fully saturated rings. The summed E-state index contributed by atoms with van der Waals surface area (Å²) in [6.45, 7) is 5.83. The summed E-state index contributed by atoms with van der Waals surface area (Å²) in [6.07, 6.45) is 4.01. The maximum atomic E-state index is 5.10. The number of methoxy groups -OCH3 is 1. The Morgan fingerprint density at radius 2 is 2.13 bits per heavy atom. The summed E-state index contributed by atoms with van der Waals surface area (Å²) >= 11 is 0. The first-order valence-corrected chi connectivity index (χ1v) is 5.14. The van der Waals surface area contributed by atoms with Gasteiger partial charge in [-0.05, 0) is 31.0 Å². The van der Waals surface area contributed by atoms with Gasteiger partial charge in [0, 0.05) is 26.0 Å². The molecule has 0 spiro atoms. The zero-order valence-corrected chi connectivity index (χ0v) is 9.45. The van der Waals surface area contributed by atoms with E-state index in [1.165, 1.54) is 16.6 Å². The molecule has 0 unspecified atom stereocenters. The van der Waals surface area contributed by atoms with Crippen molar-refractivity contribution in [2.45, 2.75) is 20.4 Å². The van der Waals surface area contributed by atoms with Crippen LogP contribution in [0.3, 0.4) is 0 Å². The standard InChI is InChI=1S/C12H16N2O/c1-9-4-5-13-11-10(2)8-14(12(9)11)6-7-15-3/h4-5,8H,6-7H2,1-3H3. The van der Waals surface area contributed by atoms with Crippen LogP contribution in [0.1, 0.15) is 11.1 Å². The summed E-state index contributed by atoms with van der Waals surface area (Å²) in [5.74, 6) is 0. The number of aryl methyl sites for hydroxylation is 2. The van der Waals surface area contributed by atoms with E-state index >= 15 is 0 Å². The highest BCUT2D eigenvalue weighted by Crippen LogP contribution is 2.21. The normalized spacial score (nSPS) is 11.1. The van der Waals surface area contributed by atoms with Crippen LogP contribution in [0.25, 0.3) is 11.0 Å². The summed E-state index contributed by atoms with van der Waals surface area (Å²) < 4.78 is 7.32. The van der Waals surface area contributed by atoms with Crippen LogP contribution in [-0.2, 0) is 11.3 Å². The molecular formula is C12H16N2O. The first-order chi connectivity index (χ1) is 7.24. The van der Waals surface area contributed by atoms with Crippen LogP contribution in [0.15, 0.2) is 18.5 Å². The van der Waals surface area contributed by atoms with E-state index in [9.17, 15) is 0 Å². The van der Waals surface area contributed by atoms with E-state index in [2.05, 4.69) is 29.6 Å². The molecule has 0 atom stereocenters. The van der Waals surface area contributed by atoms with Crippen molar-refractivity contribution in [3.05, 3.63) is 29.6 Å². The van der Waals surface area contributed by atoms with Crippen LogP contribution in [0.4, 0.5) is 0 Å². The molecule has 0 radical (unpaired) electrons. The molecule has 0 aromatic carbocycles. The second-order valence-corrected chi connectivity index (χ2v) is 3.82. The molecule has 0 aliphatic rings. The molecule has 0 amide bonds. The molecule has 0 saturated heterocycles. The molecule has 0 bridgehead atoms. The van der Waals surface area contributed by atoms with Gasteiger partial charge in [0.2, 0.25) is 0 Å². The Hall–Kier alpha value is -1.35. The molecule has 80 valence electrons. The first kappa shape index (κ1) is 10.2. The third-order valence-electron chi connectivity index (χ3n) is 2.67. The van der Waals surface area contributed by atoms with E-state index in [0.717, 1.165) is 18.7 Å². The molecular weight excluding hydrogens is 188 g/mol. The second-order valence-electron chi connectivity index (χ2n) is 3.82. The molecule has 0 N–H and O–H groups in total. The van der Waals surface area contributed by atoms with Gasteiger partial charge in [-0.2, -0.15) is 0 Å². The lowest BCUT2D eigenvalue weighted by Crippen LogP contribution is -2.03. The van der Waals surface area contributed by atoms with Gasteiger partial charge in [-0.1, -0.05) is 0 Å². The third kappa shape index (κ3) is 1.75. The van der Waals surface area contributed by atoms with Crippen LogP contribution < -0.4 is 0 Å². The van der Waals surface area contributed by atoms with Crippen molar-refractivity contribution in [3.63, 3.8) is 0 Å². The average molecular weight is 204 g/mol. The zero-order chi connectivity index (χ0) is 10.8. The van der Waals surface area contributed by atoms with E-state index in [1.807, 2.05) is 12.3 Å². The van der Waals surface area contributed by atoms with Crippen LogP contribution >= 0.6 is 0 Å². The number of pyridine rings is 1. The smallest absolute Gasteiger partial charge is 0.0912 e. The molecule has 15 heavy (non-hydrogen) atoms. The van der Waals surface area contributed by atoms with E-state index in [4.69, 9.17) is 4.74 Å². The molecule has 3 heteroatoms. The minimum Gasteiger partial charge on any atom is -0.383 e. The molecule has 2 rings (SSSR count). The Morgan fingerprint density at radius 1 is 1.33 bits per heavy atom. The van der Waals surface area contributed by atoms with Gasteiger partial charge in [-0.25, -0.2) is 0 Å². The topological polar surface area (TPSA) is 27.1 Å². The highest BCUT2D eigenvalue weighted by Gasteiger charge is 2.07. The van der Waals surface area contributed by atoms with Crippen molar-refractivity contribution in [2.75, 3.05) is 13.7 Å². The maximum Gasteiger partial charge on any atom is 0.0912 e. The van der Waals surface area contributed by atoms with Gasteiger partial charge < -0.3 is 9.30 Å². The van der Waals surface area contributed by atoms with Crippen LogP contribution in [0, 0.1) is 13.8 Å². The quantitative estimate of drug-likeness (QED) is 0.767. The fraction of sp³-hybridized carbons (Fsp3) is 0.417. The summed E-state index contributed by atoms with van der Waals surface area (Å²) in [4.78, 5) is 4.41. The Kier molecular flexibility index (Phi) is 2.73. The molecule has 2 heterocycles. The number of rotatable bonds is 3. The molecule has 0 aliphatic carbocycles. The van der Waals surface area contributed by atoms with Crippen LogP contribution in [0.5, 0.6) is 0 Å². The summed E-state index contributed by atoms with van der Waals surface area (Å²) in [6, 6.07) is 2.05. The van der Waals surface area contributed by atoms with Crippen molar-refractivity contribution in [1.29, 1.82) is 0 Å². The lowest BCUT2D eigenvalue weighted by Gasteiger charge is -2.05. The van der Waals surface area contributed by atoms with Gasteiger partial charge in [0.25, 0.3) is 0 Å². The lowest BCUT2D eigenvalue weighted by atomic mass is 10.2. The maximum absolute atomic E-state index is 5.10. The number of hydrogen-bond donors (Lipinski definition) is 0. The predicted octanol–water partition coefficient (Wildman–Crippen LogP) is 2.30. The number of fused-ring (bicyclic) bond motifs is 1. The highest BCUT2D eigenvalue weighted by molar-refractivity contribution is 5.82. The van der Waals surface area contributed by atoms with Crippen molar-refractivity contribution >= 4 is 11.0 Å². The van der Waals surface area contributed by atoms with Crippen molar-refractivity contribution in [3.8, 4) is 0 Å². The van der Waals surface area contributed by atoms with Crippen LogP contribution in [0.2, 0.25) is 0 Å². The fourth-order valence-electron chi connectivity index (χ4n) is 1.93. The summed E-state index contributed by atoms with van der Waals surface area (Å²) in [5.41, 5.74) is 4.83. The average Bonchev–Trinajstić information content (AvgIpc) is 2.55. The van der Waals surface area contributed by atoms with E-state index in [1.54, 1.807) is 7.11 Å². The number of aromatic nitrogens is 2. The summed E-state index contributed by atoms with van der Waals surface area (Å²) in [7, 11) is 1.73. The Labute approximate surface area is 89.7 Å². The van der Waals surface area contributed by atoms with Gasteiger partial charge in [0.1, 0.15) is 0 Å². The highest BCUT2D eigenvalue weighted by atomic mass is 16.5. The molecule has 0 saturated carbocycles. The van der Waals surface area contributed by atoms with E-state index in [-0.39, 0.29) is 0 Å². The SMILES string of the molecule is COCCn1cc(C)c2nccc(C)c21. The van der Waals surface area contributed by atoms with Gasteiger partial charge >= 0.3 is 0 Å². The van der Waals surface area contributed by atoms with E-state index < -0.39 is 0 Å². The number of ether oxygens (including phenoxy) is 1. The van der Waals surface area contributed by atoms with E-state index in [0.29, 0.717) is 0 Å². The molecule has 2 aromatic heterocycles. The Balaban J connectivity index is 2.54. The number of nitrogens with zero attached hydrogens (tertiary/aromatic N) is 2. The minimum absolute atomic E-state index is 0.734. The van der Waals surface area contributed by atoms with Crippen molar-refractivity contribution in [2.24, 2.45) is 0 Å². The zero-order valence-electron chi connectivity index (χ0n) is 9.45. The molecule has 0 aliphatic heterocycles. The second kappa shape index (κ2) is 4.03. The Morgan fingerprint density at radius 3 is 2.87 bits per heavy atom. The largest absolute Gasteiger partial charge is 0.383 e. The molecule has 2 aromatic rings. The van der Waals surface area contributed by atoms with Crippen LogP contribution in [-0.4, -0.2) is 23.3 Å². The predicted molar refractivity (Wildman–Crippen MR) is 61.1 cm³/mol. The van der Waals surface area contributed by atoms with Gasteiger partial charge in [-0.15, -0.1) is 0 Å².